The highest BCUT2D eigenvalue weighted by molar-refractivity contribution is 5.75. The molecule has 0 saturated carbocycles. The van der Waals surface area contributed by atoms with Gasteiger partial charge in [0.2, 0.25) is 5.91 Å². The van der Waals surface area contributed by atoms with E-state index in [1.54, 1.807) is 19.0 Å². The summed E-state index contributed by atoms with van der Waals surface area (Å²) in [5, 5.41) is 9.32. The lowest BCUT2D eigenvalue weighted by atomic mass is 10.0. The summed E-state index contributed by atoms with van der Waals surface area (Å²) >= 11 is 0. The number of hydrogen-bond donors (Lipinski definition) is 0. The first kappa shape index (κ1) is 18.9. The largest absolute Gasteiger partial charge is 0.492 e. The minimum Gasteiger partial charge on any atom is -0.492 e. The van der Waals surface area contributed by atoms with Crippen LogP contribution in [0.2, 0.25) is 0 Å². The van der Waals surface area contributed by atoms with Crippen LogP contribution in [0.3, 0.4) is 0 Å². The normalized spacial score (nSPS) is 13.8. The number of amides is 1. The fraction of sp³-hybridized carbons (Fsp3) is 0.364. The maximum atomic E-state index is 11.8. The fourth-order valence-electron chi connectivity index (χ4n) is 3.28. The SMILES string of the molecule is CN(C)C(=O)CCc1ccc2c(c1)CN(Cc1ccccc1C#N)CCO2. The Morgan fingerprint density at radius 2 is 2.07 bits per heavy atom. The average Bonchev–Trinajstić information content (AvgIpc) is 2.87. The van der Waals surface area contributed by atoms with Gasteiger partial charge in [-0.1, -0.05) is 30.3 Å². The number of nitriles is 1. The van der Waals surface area contributed by atoms with Crippen molar-refractivity contribution >= 4 is 5.91 Å². The lowest BCUT2D eigenvalue weighted by Gasteiger charge is -2.20. The number of carbonyl (C=O) groups is 1. The molecule has 27 heavy (non-hydrogen) atoms. The fourth-order valence-corrected chi connectivity index (χ4v) is 3.28. The van der Waals surface area contributed by atoms with Crippen molar-refractivity contribution in [3.63, 3.8) is 0 Å². The van der Waals surface area contributed by atoms with Gasteiger partial charge in [-0.2, -0.15) is 5.26 Å². The van der Waals surface area contributed by atoms with E-state index in [4.69, 9.17) is 4.74 Å². The van der Waals surface area contributed by atoms with Crippen LogP contribution in [-0.4, -0.2) is 43.0 Å². The van der Waals surface area contributed by atoms with Crippen molar-refractivity contribution in [2.45, 2.75) is 25.9 Å². The molecule has 140 valence electrons. The van der Waals surface area contributed by atoms with Gasteiger partial charge in [-0.05, 0) is 29.7 Å². The van der Waals surface area contributed by atoms with Crippen LogP contribution in [0.15, 0.2) is 42.5 Å². The highest BCUT2D eigenvalue weighted by Gasteiger charge is 2.17. The standard InChI is InChI=1S/C22H25N3O2/c1-24(2)22(26)10-8-17-7-9-21-20(13-17)16-25(11-12-27-21)15-19-6-4-3-5-18(19)14-23/h3-7,9,13H,8,10-12,15-16H2,1-2H3. The quantitative estimate of drug-likeness (QED) is 0.819. The molecule has 0 N–H and O–H groups in total. The minimum absolute atomic E-state index is 0.135. The molecule has 5 nitrogen and oxygen atoms in total. The van der Waals surface area contributed by atoms with Crippen molar-refractivity contribution < 1.29 is 9.53 Å². The maximum absolute atomic E-state index is 11.8. The Hall–Kier alpha value is -2.84. The Labute approximate surface area is 160 Å². The third kappa shape index (κ3) is 4.87. The third-order valence-electron chi connectivity index (χ3n) is 4.84. The van der Waals surface area contributed by atoms with Crippen molar-refractivity contribution in [2.24, 2.45) is 0 Å². The van der Waals surface area contributed by atoms with Crippen molar-refractivity contribution in [2.75, 3.05) is 27.2 Å². The number of aryl methyl sites for hydroxylation is 1. The number of carbonyl (C=O) groups excluding carboxylic acids is 1. The van der Waals surface area contributed by atoms with Crippen LogP contribution in [0, 0.1) is 11.3 Å². The second kappa shape index (κ2) is 8.70. The Kier molecular flexibility index (Phi) is 6.10. The minimum atomic E-state index is 0.135. The molecule has 0 fully saturated rings. The topological polar surface area (TPSA) is 56.6 Å². The van der Waals surface area contributed by atoms with Gasteiger partial charge < -0.3 is 9.64 Å². The molecular weight excluding hydrogens is 338 g/mol. The summed E-state index contributed by atoms with van der Waals surface area (Å²) < 4.78 is 5.91. The summed E-state index contributed by atoms with van der Waals surface area (Å²) in [6.07, 6.45) is 1.23. The first-order valence-electron chi connectivity index (χ1n) is 9.22. The van der Waals surface area contributed by atoms with E-state index < -0.39 is 0 Å². The van der Waals surface area contributed by atoms with Crippen LogP contribution in [0.25, 0.3) is 0 Å². The number of nitrogens with zero attached hydrogens (tertiary/aromatic N) is 3. The monoisotopic (exact) mass is 363 g/mol. The summed E-state index contributed by atoms with van der Waals surface area (Å²) in [5.41, 5.74) is 4.04. The molecule has 0 spiro atoms. The molecule has 1 aliphatic rings. The number of fused-ring (bicyclic) bond motifs is 1. The van der Waals surface area contributed by atoms with E-state index in [1.807, 2.05) is 36.4 Å². The molecule has 1 amide bonds. The van der Waals surface area contributed by atoms with Crippen molar-refractivity contribution in [3.05, 3.63) is 64.7 Å². The molecule has 2 aromatic carbocycles. The van der Waals surface area contributed by atoms with Gasteiger partial charge in [-0.25, -0.2) is 0 Å². The number of benzene rings is 2. The van der Waals surface area contributed by atoms with E-state index in [9.17, 15) is 10.1 Å². The summed E-state index contributed by atoms with van der Waals surface area (Å²) in [6, 6.07) is 16.2. The average molecular weight is 363 g/mol. The van der Waals surface area contributed by atoms with Crippen LogP contribution in [0.1, 0.15) is 28.7 Å². The highest BCUT2D eigenvalue weighted by atomic mass is 16.5. The van der Waals surface area contributed by atoms with Crippen LogP contribution >= 0.6 is 0 Å². The van der Waals surface area contributed by atoms with E-state index >= 15 is 0 Å². The molecule has 0 radical (unpaired) electrons. The van der Waals surface area contributed by atoms with Gasteiger partial charge in [0.05, 0.1) is 11.6 Å². The Morgan fingerprint density at radius 3 is 2.85 bits per heavy atom. The summed E-state index contributed by atoms with van der Waals surface area (Å²) in [6.45, 7) is 2.92. The van der Waals surface area contributed by atoms with Crippen LogP contribution in [0.4, 0.5) is 0 Å². The van der Waals surface area contributed by atoms with Gasteiger partial charge in [0.1, 0.15) is 12.4 Å². The molecule has 3 rings (SSSR count). The molecular formula is C22H25N3O2. The van der Waals surface area contributed by atoms with Crippen LogP contribution in [-0.2, 0) is 24.3 Å². The molecule has 0 aromatic heterocycles. The van der Waals surface area contributed by atoms with Crippen molar-refractivity contribution in [1.82, 2.24) is 9.80 Å². The number of hydrogen-bond acceptors (Lipinski definition) is 4. The second-order valence-corrected chi connectivity index (χ2v) is 7.06. The Bertz CT molecular complexity index is 855. The zero-order chi connectivity index (χ0) is 19.2. The van der Waals surface area contributed by atoms with Gasteiger partial charge in [0.15, 0.2) is 0 Å². The summed E-state index contributed by atoms with van der Waals surface area (Å²) in [5.74, 6) is 1.05. The Balaban J connectivity index is 1.72. The number of ether oxygens (including phenoxy) is 1. The van der Waals surface area contributed by atoms with E-state index in [1.165, 1.54) is 0 Å². The van der Waals surface area contributed by atoms with E-state index in [0.29, 0.717) is 13.0 Å². The smallest absolute Gasteiger partial charge is 0.222 e. The predicted octanol–water partition coefficient (Wildman–Crippen LogP) is 2.97. The van der Waals surface area contributed by atoms with E-state index in [0.717, 1.165) is 54.1 Å². The molecule has 0 saturated heterocycles. The third-order valence-corrected chi connectivity index (χ3v) is 4.84. The van der Waals surface area contributed by atoms with E-state index in [2.05, 4.69) is 17.0 Å². The predicted molar refractivity (Wildman–Crippen MR) is 104 cm³/mol. The summed E-state index contributed by atoms with van der Waals surface area (Å²) in [7, 11) is 3.56. The van der Waals surface area contributed by atoms with Crippen molar-refractivity contribution in [3.8, 4) is 11.8 Å². The molecule has 5 heteroatoms. The van der Waals surface area contributed by atoms with Crippen LogP contribution in [0.5, 0.6) is 5.75 Å². The maximum Gasteiger partial charge on any atom is 0.222 e. The lowest BCUT2D eigenvalue weighted by molar-refractivity contribution is -0.128. The second-order valence-electron chi connectivity index (χ2n) is 7.06. The molecule has 0 bridgehead atoms. The van der Waals surface area contributed by atoms with Gasteiger partial charge >= 0.3 is 0 Å². The molecule has 0 aliphatic carbocycles. The zero-order valence-electron chi connectivity index (χ0n) is 15.9. The van der Waals surface area contributed by atoms with E-state index in [-0.39, 0.29) is 5.91 Å². The molecule has 1 heterocycles. The summed E-state index contributed by atoms with van der Waals surface area (Å²) in [4.78, 5) is 15.8. The van der Waals surface area contributed by atoms with Crippen molar-refractivity contribution in [1.29, 1.82) is 5.26 Å². The molecule has 0 unspecified atom stereocenters. The first-order valence-corrected chi connectivity index (χ1v) is 9.22. The van der Waals surface area contributed by atoms with Gasteiger partial charge in [-0.15, -0.1) is 0 Å². The lowest BCUT2D eigenvalue weighted by Crippen LogP contribution is -2.25. The molecule has 1 aliphatic heterocycles. The first-order chi connectivity index (χ1) is 13.1. The van der Waals surface area contributed by atoms with Crippen LogP contribution < -0.4 is 4.74 Å². The van der Waals surface area contributed by atoms with Gasteiger partial charge in [0, 0.05) is 45.7 Å². The zero-order valence-corrected chi connectivity index (χ0v) is 15.9. The highest BCUT2D eigenvalue weighted by Crippen LogP contribution is 2.26. The Morgan fingerprint density at radius 1 is 1.26 bits per heavy atom. The van der Waals surface area contributed by atoms with Gasteiger partial charge in [0.25, 0.3) is 0 Å². The molecule has 0 atom stereocenters. The number of rotatable bonds is 5. The van der Waals surface area contributed by atoms with Gasteiger partial charge in [-0.3, -0.25) is 9.69 Å². The molecule has 2 aromatic rings.